The smallest absolute Gasteiger partial charge is 0.255 e. The summed E-state index contributed by atoms with van der Waals surface area (Å²) in [4.78, 5) is 12.3. The van der Waals surface area contributed by atoms with E-state index in [0.717, 1.165) is 22.4 Å². The van der Waals surface area contributed by atoms with E-state index in [2.05, 4.69) is 5.32 Å². The lowest BCUT2D eigenvalue weighted by molar-refractivity contribution is 0.102. The maximum Gasteiger partial charge on any atom is 0.255 e. The molecule has 0 aromatic heterocycles. The van der Waals surface area contributed by atoms with Gasteiger partial charge >= 0.3 is 0 Å². The van der Waals surface area contributed by atoms with Gasteiger partial charge in [0.2, 0.25) is 0 Å². The molecule has 0 aliphatic rings. The van der Waals surface area contributed by atoms with Crippen LogP contribution in [0.5, 0.6) is 5.75 Å². The van der Waals surface area contributed by atoms with Crippen molar-refractivity contribution < 1.29 is 9.90 Å². The summed E-state index contributed by atoms with van der Waals surface area (Å²) in [5.74, 6) is 0.332. The average molecular weight is 283 g/mol. The normalized spacial score (nSPS) is 10.7. The Labute approximate surface area is 125 Å². The highest BCUT2D eigenvalue weighted by molar-refractivity contribution is 6.04. The molecule has 2 aromatic rings. The number of phenols is 1. The fourth-order valence-electron chi connectivity index (χ4n) is 2.29. The molecule has 110 valence electrons. The number of anilines is 1. The minimum absolute atomic E-state index is 0.137. The van der Waals surface area contributed by atoms with Gasteiger partial charge in [-0.2, -0.15) is 0 Å². The van der Waals surface area contributed by atoms with Crippen molar-refractivity contribution >= 4 is 11.6 Å². The molecule has 2 rings (SSSR count). The molecule has 0 aliphatic heterocycles. The first-order valence-electron chi connectivity index (χ1n) is 7.10. The Kier molecular flexibility index (Phi) is 4.32. The van der Waals surface area contributed by atoms with E-state index >= 15 is 0 Å². The van der Waals surface area contributed by atoms with Gasteiger partial charge < -0.3 is 10.4 Å². The lowest BCUT2D eigenvalue weighted by Crippen LogP contribution is -2.13. The highest BCUT2D eigenvalue weighted by Gasteiger charge is 2.13. The Morgan fingerprint density at radius 2 is 1.86 bits per heavy atom. The Hall–Kier alpha value is -2.29. The summed E-state index contributed by atoms with van der Waals surface area (Å²) in [6, 6.07) is 11.0. The molecule has 0 saturated carbocycles. The van der Waals surface area contributed by atoms with Crippen LogP contribution in [0.15, 0.2) is 36.4 Å². The van der Waals surface area contributed by atoms with E-state index in [1.165, 1.54) is 0 Å². The van der Waals surface area contributed by atoms with Gasteiger partial charge in [0.1, 0.15) is 5.75 Å². The van der Waals surface area contributed by atoms with Gasteiger partial charge in [0.05, 0.1) is 0 Å². The zero-order valence-corrected chi connectivity index (χ0v) is 12.9. The van der Waals surface area contributed by atoms with Crippen LogP contribution in [-0.4, -0.2) is 11.0 Å². The van der Waals surface area contributed by atoms with Gasteiger partial charge in [0, 0.05) is 11.3 Å². The number of aromatic hydroxyl groups is 1. The lowest BCUT2D eigenvalue weighted by atomic mass is 9.99. The van der Waals surface area contributed by atoms with E-state index in [1.807, 2.05) is 52.0 Å². The van der Waals surface area contributed by atoms with E-state index in [0.29, 0.717) is 5.56 Å². The fraction of sp³-hybridized carbons (Fsp3) is 0.278. The Morgan fingerprint density at radius 1 is 1.14 bits per heavy atom. The summed E-state index contributed by atoms with van der Waals surface area (Å²) in [7, 11) is 0. The molecule has 2 aromatic carbocycles. The van der Waals surface area contributed by atoms with Crippen LogP contribution in [0, 0.1) is 13.8 Å². The molecule has 0 aliphatic carbocycles. The zero-order valence-electron chi connectivity index (χ0n) is 12.9. The topological polar surface area (TPSA) is 49.3 Å². The Balaban J connectivity index is 2.31. The summed E-state index contributed by atoms with van der Waals surface area (Å²) in [5.41, 5.74) is 4.10. The van der Waals surface area contributed by atoms with Crippen molar-refractivity contribution in [3.8, 4) is 5.75 Å². The largest absolute Gasteiger partial charge is 0.508 e. The third kappa shape index (κ3) is 3.43. The third-order valence-corrected chi connectivity index (χ3v) is 3.52. The van der Waals surface area contributed by atoms with E-state index in [-0.39, 0.29) is 17.6 Å². The molecule has 2 N–H and O–H groups in total. The predicted molar refractivity (Wildman–Crippen MR) is 86.1 cm³/mol. The number of amides is 1. The van der Waals surface area contributed by atoms with Crippen LogP contribution in [-0.2, 0) is 0 Å². The van der Waals surface area contributed by atoms with Crippen LogP contribution in [0.4, 0.5) is 5.69 Å². The summed E-state index contributed by atoms with van der Waals surface area (Å²) >= 11 is 0. The second-order valence-electron chi connectivity index (χ2n) is 5.70. The van der Waals surface area contributed by atoms with E-state index in [9.17, 15) is 9.90 Å². The molecule has 0 bridgehead atoms. The zero-order chi connectivity index (χ0) is 15.6. The number of benzene rings is 2. The molecule has 0 atom stereocenters. The standard InChI is InChI=1S/C18H21NO2/c1-11(2)15-10-16(13(4)9-17(15)20)19-18(21)14-7-5-6-12(3)8-14/h5-11,20H,1-4H3,(H,19,21). The highest BCUT2D eigenvalue weighted by atomic mass is 16.3. The van der Waals surface area contributed by atoms with Crippen LogP contribution in [0.25, 0.3) is 0 Å². The van der Waals surface area contributed by atoms with Crippen molar-refractivity contribution in [3.63, 3.8) is 0 Å². The average Bonchev–Trinajstić information content (AvgIpc) is 2.41. The van der Waals surface area contributed by atoms with Crippen molar-refractivity contribution in [1.82, 2.24) is 0 Å². The molecule has 0 radical (unpaired) electrons. The number of hydrogen-bond acceptors (Lipinski definition) is 2. The van der Waals surface area contributed by atoms with Crippen molar-refractivity contribution in [2.45, 2.75) is 33.6 Å². The number of nitrogens with one attached hydrogen (secondary N) is 1. The second-order valence-corrected chi connectivity index (χ2v) is 5.70. The van der Waals surface area contributed by atoms with Gasteiger partial charge in [-0.1, -0.05) is 31.5 Å². The summed E-state index contributed by atoms with van der Waals surface area (Å²) in [5, 5.41) is 12.9. The minimum atomic E-state index is -0.137. The number of carbonyl (C=O) groups excluding carboxylic acids is 1. The molecule has 0 heterocycles. The quantitative estimate of drug-likeness (QED) is 0.821. The lowest BCUT2D eigenvalue weighted by Gasteiger charge is -2.14. The van der Waals surface area contributed by atoms with Crippen LogP contribution >= 0.6 is 0 Å². The van der Waals surface area contributed by atoms with Gasteiger partial charge in [-0.05, 0) is 55.2 Å². The maximum absolute atomic E-state index is 12.3. The first-order chi connectivity index (χ1) is 9.88. The molecule has 3 heteroatoms. The molecule has 0 saturated heterocycles. The maximum atomic E-state index is 12.3. The van der Waals surface area contributed by atoms with Gasteiger partial charge in [-0.25, -0.2) is 0 Å². The SMILES string of the molecule is Cc1cccc(C(=O)Nc2cc(C(C)C)c(O)cc2C)c1. The van der Waals surface area contributed by atoms with E-state index in [4.69, 9.17) is 0 Å². The highest BCUT2D eigenvalue weighted by Crippen LogP contribution is 2.31. The van der Waals surface area contributed by atoms with Crippen molar-refractivity contribution in [2.24, 2.45) is 0 Å². The number of carbonyl (C=O) groups is 1. The van der Waals surface area contributed by atoms with Gasteiger partial charge in [0.25, 0.3) is 5.91 Å². The third-order valence-electron chi connectivity index (χ3n) is 3.52. The van der Waals surface area contributed by atoms with Crippen molar-refractivity contribution in [3.05, 3.63) is 58.7 Å². The second kappa shape index (κ2) is 6.00. The Bertz CT molecular complexity index is 675. The molecule has 1 amide bonds. The molecular weight excluding hydrogens is 262 g/mol. The molecular formula is C18H21NO2. The van der Waals surface area contributed by atoms with Crippen LogP contribution in [0.1, 0.15) is 46.8 Å². The first kappa shape index (κ1) is 15.1. The van der Waals surface area contributed by atoms with Crippen LogP contribution in [0.2, 0.25) is 0 Å². The molecule has 0 spiro atoms. The summed E-state index contributed by atoms with van der Waals surface area (Å²) < 4.78 is 0. The number of phenolic OH excluding ortho intramolecular Hbond substituents is 1. The minimum Gasteiger partial charge on any atom is -0.508 e. The van der Waals surface area contributed by atoms with Crippen molar-refractivity contribution in [2.75, 3.05) is 5.32 Å². The summed E-state index contributed by atoms with van der Waals surface area (Å²) in [6.07, 6.45) is 0. The molecule has 0 unspecified atom stereocenters. The first-order valence-corrected chi connectivity index (χ1v) is 7.10. The molecule has 3 nitrogen and oxygen atoms in total. The van der Waals surface area contributed by atoms with Crippen LogP contribution < -0.4 is 5.32 Å². The number of hydrogen-bond donors (Lipinski definition) is 2. The van der Waals surface area contributed by atoms with Crippen LogP contribution in [0.3, 0.4) is 0 Å². The monoisotopic (exact) mass is 283 g/mol. The fourth-order valence-corrected chi connectivity index (χ4v) is 2.29. The molecule has 0 fully saturated rings. The number of aryl methyl sites for hydroxylation is 2. The number of rotatable bonds is 3. The van der Waals surface area contributed by atoms with E-state index in [1.54, 1.807) is 12.1 Å². The predicted octanol–water partition coefficient (Wildman–Crippen LogP) is 4.38. The van der Waals surface area contributed by atoms with Gasteiger partial charge in [0.15, 0.2) is 0 Å². The Morgan fingerprint density at radius 3 is 2.48 bits per heavy atom. The van der Waals surface area contributed by atoms with Gasteiger partial charge in [-0.15, -0.1) is 0 Å². The van der Waals surface area contributed by atoms with E-state index < -0.39 is 0 Å². The van der Waals surface area contributed by atoms with Crippen molar-refractivity contribution in [1.29, 1.82) is 0 Å². The van der Waals surface area contributed by atoms with Gasteiger partial charge in [-0.3, -0.25) is 4.79 Å². The molecule has 21 heavy (non-hydrogen) atoms. The summed E-state index contributed by atoms with van der Waals surface area (Å²) in [6.45, 7) is 7.85.